The molecule has 18 nitrogen and oxygen atoms in total. The SMILES string of the molecule is C[C@@H]1CC[C@@]2(OC1)OC1CC3C4CC=C5C[C@@H](O[C@@H]6O[C@H](CO)[C@@H](O)[C@H](O[C@@H]7O[C@H](CO)[C@@H](O)[C@H](O)[C@H]7O)[C@H]6O[C@@H]6O[C@@H](C)[C@H](O)[C@@H](O)[C@H]6O)CC[C@]5(C)C4CC[C@]3(C)[C@]1(O)[C@@H]2C. The van der Waals surface area contributed by atoms with Crippen molar-refractivity contribution in [1.82, 2.24) is 0 Å². The average Bonchev–Trinajstić information content (AvgIpc) is 3.62. The second-order valence-electron chi connectivity index (χ2n) is 21.2. The highest BCUT2D eigenvalue weighted by molar-refractivity contribution is 5.29. The first-order valence-corrected chi connectivity index (χ1v) is 23.5. The van der Waals surface area contributed by atoms with Crippen LogP contribution >= 0.6 is 0 Å². The molecule has 4 unspecified atom stereocenters. The van der Waals surface area contributed by atoms with E-state index >= 15 is 0 Å². The molecule has 63 heavy (non-hydrogen) atoms. The number of hydrogen-bond acceptors (Lipinski definition) is 18. The molecule has 0 aromatic rings. The van der Waals surface area contributed by atoms with Crippen LogP contribution in [0.4, 0.5) is 0 Å². The van der Waals surface area contributed by atoms with Gasteiger partial charge in [-0.1, -0.05) is 39.3 Å². The molecule has 5 aliphatic heterocycles. The van der Waals surface area contributed by atoms with Gasteiger partial charge in [0, 0.05) is 17.8 Å². The number of hydrogen-bond donors (Lipinski definition) is 10. The van der Waals surface area contributed by atoms with Crippen molar-refractivity contribution >= 4 is 0 Å². The summed E-state index contributed by atoms with van der Waals surface area (Å²) in [7, 11) is 0. The van der Waals surface area contributed by atoms with E-state index in [9.17, 15) is 51.1 Å². The van der Waals surface area contributed by atoms with E-state index in [2.05, 4.69) is 33.8 Å². The number of fused-ring (bicyclic) bond motifs is 7. The van der Waals surface area contributed by atoms with Crippen LogP contribution in [0, 0.1) is 40.4 Å². The molecule has 26 atom stereocenters. The minimum atomic E-state index is -1.86. The summed E-state index contributed by atoms with van der Waals surface area (Å²) in [4.78, 5) is 0. The lowest BCUT2D eigenvalue weighted by Crippen LogP contribution is -2.67. The summed E-state index contributed by atoms with van der Waals surface area (Å²) in [6.07, 6.45) is -14.6. The summed E-state index contributed by atoms with van der Waals surface area (Å²) in [6.45, 7) is 9.64. The van der Waals surface area contributed by atoms with Crippen LogP contribution in [-0.2, 0) is 37.9 Å². The summed E-state index contributed by atoms with van der Waals surface area (Å²) in [5.41, 5.74) is -0.202. The lowest BCUT2D eigenvalue weighted by atomic mass is 9.46. The van der Waals surface area contributed by atoms with E-state index in [1.165, 1.54) is 12.5 Å². The molecular weight excluding hydrogens is 828 g/mol. The Morgan fingerprint density at radius 2 is 1.33 bits per heavy atom. The van der Waals surface area contributed by atoms with Crippen molar-refractivity contribution in [3.8, 4) is 0 Å². The lowest BCUT2D eigenvalue weighted by Gasteiger charge is -2.60. The summed E-state index contributed by atoms with van der Waals surface area (Å²) < 4.78 is 50.0. The predicted molar refractivity (Wildman–Crippen MR) is 216 cm³/mol. The third-order valence-corrected chi connectivity index (χ3v) is 17.9. The van der Waals surface area contributed by atoms with Crippen molar-refractivity contribution in [1.29, 1.82) is 0 Å². The van der Waals surface area contributed by atoms with Crippen LogP contribution in [0.15, 0.2) is 11.6 Å². The van der Waals surface area contributed by atoms with E-state index in [0.29, 0.717) is 37.2 Å². The van der Waals surface area contributed by atoms with E-state index in [-0.39, 0.29) is 28.8 Å². The highest BCUT2D eigenvalue weighted by Gasteiger charge is 2.76. The number of rotatable bonds is 8. The second kappa shape index (κ2) is 17.2. The molecule has 360 valence electrons. The Bertz CT molecular complexity index is 1660. The van der Waals surface area contributed by atoms with Gasteiger partial charge in [-0.15, -0.1) is 0 Å². The van der Waals surface area contributed by atoms with Crippen LogP contribution < -0.4 is 0 Å². The van der Waals surface area contributed by atoms with E-state index in [4.69, 9.17) is 37.9 Å². The summed E-state index contributed by atoms with van der Waals surface area (Å²) in [6, 6.07) is 0. The smallest absolute Gasteiger partial charge is 0.187 e. The van der Waals surface area contributed by atoms with Crippen LogP contribution in [-0.4, -0.2) is 187 Å². The molecule has 1 spiro atoms. The zero-order valence-corrected chi connectivity index (χ0v) is 37.0. The molecule has 0 aromatic carbocycles. The van der Waals surface area contributed by atoms with Gasteiger partial charge < -0.3 is 89.0 Å². The van der Waals surface area contributed by atoms with Crippen molar-refractivity contribution in [2.45, 2.75) is 208 Å². The number of allylic oxidation sites excluding steroid dienone is 1. The Morgan fingerprint density at radius 1 is 0.683 bits per heavy atom. The van der Waals surface area contributed by atoms with Gasteiger partial charge in [0.2, 0.25) is 0 Å². The van der Waals surface area contributed by atoms with Crippen molar-refractivity contribution < 1.29 is 89.0 Å². The Labute approximate surface area is 368 Å². The fraction of sp³-hybridized carbons (Fsp3) is 0.956. The molecule has 10 N–H and O–H groups in total. The van der Waals surface area contributed by atoms with E-state index in [0.717, 1.165) is 44.9 Å². The monoisotopic (exact) mass is 900 g/mol. The fourth-order valence-corrected chi connectivity index (χ4v) is 13.9. The Hall–Kier alpha value is -0.980. The van der Waals surface area contributed by atoms with Crippen molar-refractivity contribution in [2.24, 2.45) is 40.4 Å². The van der Waals surface area contributed by atoms with Crippen LogP contribution in [0.25, 0.3) is 0 Å². The Kier molecular flexibility index (Phi) is 12.9. The fourth-order valence-electron chi connectivity index (χ4n) is 13.9. The van der Waals surface area contributed by atoms with Crippen LogP contribution in [0.2, 0.25) is 0 Å². The Morgan fingerprint density at radius 3 is 2.02 bits per heavy atom. The first kappa shape index (κ1) is 47.1. The molecule has 5 heterocycles. The number of ether oxygens (including phenoxy) is 8. The average molecular weight is 901 g/mol. The van der Waals surface area contributed by atoms with E-state index in [1.807, 2.05) is 0 Å². The molecule has 9 rings (SSSR count). The summed E-state index contributed by atoms with van der Waals surface area (Å²) >= 11 is 0. The van der Waals surface area contributed by atoms with Gasteiger partial charge in [-0.3, -0.25) is 0 Å². The quantitative estimate of drug-likeness (QED) is 0.135. The third-order valence-electron chi connectivity index (χ3n) is 17.9. The van der Waals surface area contributed by atoms with Crippen LogP contribution in [0.3, 0.4) is 0 Å². The molecule has 0 aromatic heterocycles. The largest absolute Gasteiger partial charge is 0.394 e. The summed E-state index contributed by atoms with van der Waals surface area (Å²) in [5, 5.41) is 109. The second-order valence-corrected chi connectivity index (χ2v) is 21.2. The van der Waals surface area contributed by atoms with Gasteiger partial charge in [0.05, 0.1) is 38.1 Å². The maximum Gasteiger partial charge on any atom is 0.187 e. The zero-order valence-electron chi connectivity index (χ0n) is 37.0. The van der Waals surface area contributed by atoms with Gasteiger partial charge in [-0.2, -0.15) is 0 Å². The van der Waals surface area contributed by atoms with Crippen LogP contribution in [0.5, 0.6) is 0 Å². The molecule has 8 fully saturated rings. The van der Waals surface area contributed by atoms with Gasteiger partial charge in [0.15, 0.2) is 24.7 Å². The van der Waals surface area contributed by atoms with Gasteiger partial charge in [0.1, 0.15) is 72.7 Å². The molecule has 18 heteroatoms. The molecule has 5 saturated heterocycles. The molecule has 9 aliphatic rings. The van der Waals surface area contributed by atoms with Crippen molar-refractivity contribution in [2.75, 3.05) is 19.8 Å². The van der Waals surface area contributed by atoms with Gasteiger partial charge >= 0.3 is 0 Å². The minimum absolute atomic E-state index is 0.143. The first-order valence-electron chi connectivity index (χ1n) is 23.5. The zero-order chi connectivity index (χ0) is 45.1. The third kappa shape index (κ3) is 7.35. The van der Waals surface area contributed by atoms with Gasteiger partial charge in [-0.05, 0) is 87.4 Å². The standard InChI is InChI=1S/C45H72O18/c1-19-8-13-44(56-18-19)21(3)45(55)29(63-44)15-26-24-7-6-22-14-23(9-11-42(22,4)25(24)10-12-43(26,45)5)58-41-38(62-39-35(53)33(51)30(48)20(2)57-39)37(32(50)28(17-47)60-41)61-40-36(54)34(52)31(49)27(16-46)59-40/h6,19-21,23-41,46-55H,7-18H2,1-5H3/t19-,20+,21-,23+,24?,25?,26?,27-,28-,29?,30+,31-,32-,33-,34+,35-,36-,37+,38-,39+,40+,41-,42+,43+,44-,45+/m1/s1. The van der Waals surface area contributed by atoms with E-state index in [1.54, 1.807) is 0 Å². The Balaban J connectivity index is 0.948. The van der Waals surface area contributed by atoms with Gasteiger partial charge in [-0.25, -0.2) is 0 Å². The highest BCUT2D eigenvalue weighted by Crippen LogP contribution is 2.72. The topological polar surface area (TPSA) is 276 Å². The minimum Gasteiger partial charge on any atom is -0.394 e. The first-order chi connectivity index (χ1) is 29.8. The molecular formula is C45H72O18. The molecule has 0 amide bonds. The molecule has 0 radical (unpaired) electrons. The maximum absolute atomic E-state index is 12.8. The van der Waals surface area contributed by atoms with Crippen molar-refractivity contribution in [3.63, 3.8) is 0 Å². The molecule has 4 aliphatic carbocycles. The summed E-state index contributed by atoms with van der Waals surface area (Å²) in [5.74, 6) is 0.580. The van der Waals surface area contributed by atoms with Gasteiger partial charge in [0.25, 0.3) is 0 Å². The van der Waals surface area contributed by atoms with Crippen LogP contribution in [0.1, 0.15) is 92.4 Å². The highest BCUT2D eigenvalue weighted by atomic mass is 16.8. The van der Waals surface area contributed by atoms with E-state index < -0.39 is 123 Å². The van der Waals surface area contributed by atoms with Crippen molar-refractivity contribution in [3.05, 3.63) is 11.6 Å². The number of aliphatic hydroxyl groups excluding tert-OH is 9. The maximum atomic E-state index is 12.8. The number of aliphatic hydroxyl groups is 10. The predicted octanol–water partition coefficient (Wildman–Crippen LogP) is -0.671. The molecule has 0 bridgehead atoms. The molecule has 3 saturated carbocycles. The lowest BCUT2D eigenvalue weighted by molar-refractivity contribution is -0.394. The normalized spacial score (nSPS) is 58.1.